The number of aromatic nitrogens is 1. The van der Waals surface area contributed by atoms with Crippen LogP contribution in [0.2, 0.25) is 0 Å². The monoisotopic (exact) mass is 319 g/mol. The lowest BCUT2D eigenvalue weighted by Gasteiger charge is -2.16. The number of benzene rings is 1. The number of carbonyl (C=O) groups excluding carboxylic acids is 1. The predicted octanol–water partition coefficient (Wildman–Crippen LogP) is 3.04. The molecular formula is C16H21N3O2S. The summed E-state index contributed by atoms with van der Waals surface area (Å²) < 4.78 is 0. The number of thiazole rings is 1. The van der Waals surface area contributed by atoms with Gasteiger partial charge in [0.05, 0.1) is 5.51 Å². The maximum Gasteiger partial charge on any atom is 0.275 e. The average molecular weight is 319 g/mol. The maximum absolute atomic E-state index is 12.4. The molecule has 2 aromatic rings. The van der Waals surface area contributed by atoms with Crippen LogP contribution in [-0.2, 0) is 0 Å². The van der Waals surface area contributed by atoms with Crippen molar-refractivity contribution in [2.45, 2.75) is 19.8 Å². The first-order chi connectivity index (χ1) is 10.6. The Morgan fingerprint density at radius 3 is 2.73 bits per heavy atom. The van der Waals surface area contributed by atoms with Gasteiger partial charge < -0.3 is 15.3 Å². The Labute approximate surface area is 134 Å². The van der Waals surface area contributed by atoms with Crippen molar-refractivity contribution in [2.24, 2.45) is 0 Å². The number of unbranched alkanes of at least 4 members (excludes halogenated alkanes) is 1. The molecule has 1 aromatic heterocycles. The molecule has 0 radical (unpaired) electrons. The molecule has 1 heterocycles. The molecule has 22 heavy (non-hydrogen) atoms. The van der Waals surface area contributed by atoms with Crippen LogP contribution in [0, 0.1) is 6.92 Å². The standard InChI is InChI=1S/C16H21N3O2S/c1-12-5-7-13(8-6-12)18-15-14(17-11-22-15)16(21)19(2)9-3-4-10-20/h5-8,11,18,20H,3-4,9-10H2,1-2H3. The highest BCUT2D eigenvalue weighted by Crippen LogP contribution is 2.26. The van der Waals surface area contributed by atoms with Gasteiger partial charge in [-0.3, -0.25) is 4.79 Å². The number of hydrogen-bond donors (Lipinski definition) is 2. The van der Waals surface area contributed by atoms with E-state index in [0.717, 1.165) is 17.1 Å². The normalized spacial score (nSPS) is 10.5. The summed E-state index contributed by atoms with van der Waals surface area (Å²) in [7, 11) is 1.76. The van der Waals surface area contributed by atoms with Crippen molar-refractivity contribution in [1.82, 2.24) is 9.88 Å². The van der Waals surface area contributed by atoms with E-state index in [1.54, 1.807) is 17.5 Å². The fourth-order valence-electron chi connectivity index (χ4n) is 2.00. The molecule has 0 saturated heterocycles. The zero-order chi connectivity index (χ0) is 15.9. The highest BCUT2D eigenvalue weighted by Gasteiger charge is 2.18. The van der Waals surface area contributed by atoms with E-state index in [9.17, 15) is 4.79 Å². The van der Waals surface area contributed by atoms with Gasteiger partial charge >= 0.3 is 0 Å². The van der Waals surface area contributed by atoms with Gasteiger partial charge in [0.2, 0.25) is 0 Å². The smallest absolute Gasteiger partial charge is 0.275 e. The van der Waals surface area contributed by atoms with Crippen LogP contribution in [-0.4, -0.2) is 41.1 Å². The number of carbonyl (C=O) groups is 1. The lowest BCUT2D eigenvalue weighted by molar-refractivity contribution is 0.0786. The molecule has 1 aromatic carbocycles. The molecule has 0 saturated carbocycles. The number of anilines is 2. The molecule has 118 valence electrons. The molecule has 1 amide bonds. The number of nitrogens with zero attached hydrogens (tertiary/aromatic N) is 2. The number of rotatable bonds is 7. The largest absolute Gasteiger partial charge is 0.396 e. The first-order valence-electron chi connectivity index (χ1n) is 7.25. The zero-order valence-corrected chi connectivity index (χ0v) is 13.7. The van der Waals surface area contributed by atoms with Crippen LogP contribution in [0.3, 0.4) is 0 Å². The minimum atomic E-state index is -0.103. The van der Waals surface area contributed by atoms with Crippen LogP contribution in [0.4, 0.5) is 10.7 Å². The molecule has 2 N–H and O–H groups in total. The quantitative estimate of drug-likeness (QED) is 0.770. The van der Waals surface area contributed by atoms with Gasteiger partial charge in [-0.2, -0.15) is 0 Å². The van der Waals surface area contributed by atoms with Crippen molar-refractivity contribution >= 4 is 27.9 Å². The second-order valence-corrected chi connectivity index (χ2v) is 6.03. The van der Waals surface area contributed by atoms with Crippen LogP contribution in [0.1, 0.15) is 28.9 Å². The van der Waals surface area contributed by atoms with E-state index in [2.05, 4.69) is 10.3 Å². The van der Waals surface area contributed by atoms with Gasteiger partial charge in [0, 0.05) is 25.9 Å². The van der Waals surface area contributed by atoms with E-state index in [1.807, 2.05) is 31.2 Å². The number of aliphatic hydroxyl groups is 1. The predicted molar refractivity (Wildman–Crippen MR) is 89.9 cm³/mol. The fourth-order valence-corrected chi connectivity index (χ4v) is 2.69. The van der Waals surface area contributed by atoms with Crippen molar-refractivity contribution in [3.8, 4) is 0 Å². The lowest BCUT2D eigenvalue weighted by atomic mass is 10.2. The highest BCUT2D eigenvalue weighted by atomic mass is 32.1. The fraction of sp³-hybridized carbons (Fsp3) is 0.375. The Hall–Kier alpha value is -1.92. The number of aliphatic hydroxyl groups excluding tert-OH is 1. The van der Waals surface area contributed by atoms with Crippen LogP contribution in [0.25, 0.3) is 0 Å². The minimum absolute atomic E-state index is 0.103. The van der Waals surface area contributed by atoms with Gasteiger partial charge in [0.25, 0.3) is 5.91 Å². The molecule has 0 bridgehead atoms. The van der Waals surface area contributed by atoms with Gasteiger partial charge in [0.1, 0.15) is 5.00 Å². The first-order valence-corrected chi connectivity index (χ1v) is 8.13. The number of amides is 1. The Morgan fingerprint density at radius 1 is 1.32 bits per heavy atom. The van der Waals surface area contributed by atoms with E-state index >= 15 is 0 Å². The molecule has 0 fully saturated rings. The summed E-state index contributed by atoms with van der Waals surface area (Å²) in [5.41, 5.74) is 4.24. The lowest BCUT2D eigenvalue weighted by Crippen LogP contribution is -2.28. The molecular weight excluding hydrogens is 298 g/mol. The van der Waals surface area contributed by atoms with E-state index < -0.39 is 0 Å². The van der Waals surface area contributed by atoms with Crippen LogP contribution in [0.15, 0.2) is 29.8 Å². The van der Waals surface area contributed by atoms with Crippen molar-refractivity contribution in [1.29, 1.82) is 0 Å². The van der Waals surface area contributed by atoms with Crippen LogP contribution < -0.4 is 5.32 Å². The molecule has 0 aliphatic heterocycles. The summed E-state index contributed by atoms with van der Waals surface area (Å²) in [5, 5.41) is 12.8. The Kier molecular flexibility index (Phi) is 5.91. The minimum Gasteiger partial charge on any atom is -0.396 e. The van der Waals surface area contributed by atoms with Crippen LogP contribution >= 0.6 is 11.3 Å². The summed E-state index contributed by atoms with van der Waals surface area (Å²) in [5.74, 6) is -0.103. The SMILES string of the molecule is Cc1ccc(Nc2scnc2C(=O)N(C)CCCCO)cc1. The van der Waals surface area contributed by atoms with E-state index in [0.29, 0.717) is 18.7 Å². The third kappa shape index (κ3) is 4.29. The molecule has 0 aliphatic carbocycles. The molecule has 0 spiro atoms. The molecule has 6 heteroatoms. The molecule has 0 aliphatic rings. The van der Waals surface area contributed by atoms with Gasteiger partial charge in [-0.05, 0) is 31.9 Å². The first kappa shape index (κ1) is 16.5. The number of aryl methyl sites for hydroxylation is 1. The van der Waals surface area contributed by atoms with Crippen molar-refractivity contribution < 1.29 is 9.90 Å². The summed E-state index contributed by atoms with van der Waals surface area (Å²) in [6.07, 6.45) is 1.48. The van der Waals surface area contributed by atoms with Gasteiger partial charge in [0.15, 0.2) is 5.69 Å². The molecule has 2 rings (SSSR count). The van der Waals surface area contributed by atoms with E-state index in [1.165, 1.54) is 16.9 Å². The second kappa shape index (κ2) is 7.91. The van der Waals surface area contributed by atoms with Crippen molar-refractivity contribution in [2.75, 3.05) is 25.5 Å². The second-order valence-electron chi connectivity index (χ2n) is 5.18. The van der Waals surface area contributed by atoms with Gasteiger partial charge in [-0.15, -0.1) is 11.3 Å². The van der Waals surface area contributed by atoms with E-state index in [-0.39, 0.29) is 12.5 Å². The molecule has 0 unspecified atom stereocenters. The summed E-state index contributed by atoms with van der Waals surface area (Å²) in [6, 6.07) is 8.00. The topological polar surface area (TPSA) is 65.5 Å². The summed E-state index contributed by atoms with van der Waals surface area (Å²) in [6.45, 7) is 2.80. The Balaban J connectivity index is 2.05. The third-order valence-electron chi connectivity index (χ3n) is 3.33. The maximum atomic E-state index is 12.4. The van der Waals surface area contributed by atoms with Crippen molar-refractivity contribution in [3.63, 3.8) is 0 Å². The Bertz CT molecular complexity index is 610. The van der Waals surface area contributed by atoms with Gasteiger partial charge in [-0.1, -0.05) is 17.7 Å². The number of hydrogen-bond acceptors (Lipinski definition) is 5. The highest BCUT2D eigenvalue weighted by molar-refractivity contribution is 7.14. The van der Waals surface area contributed by atoms with Gasteiger partial charge in [-0.25, -0.2) is 4.98 Å². The molecule has 5 nitrogen and oxygen atoms in total. The number of nitrogens with one attached hydrogen (secondary N) is 1. The zero-order valence-electron chi connectivity index (χ0n) is 12.9. The summed E-state index contributed by atoms with van der Waals surface area (Å²) in [4.78, 5) is 18.3. The Morgan fingerprint density at radius 2 is 2.05 bits per heavy atom. The molecule has 0 atom stereocenters. The summed E-state index contributed by atoms with van der Waals surface area (Å²) >= 11 is 1.41. The van der Waals surface area contributed by atoms with E-state index in [4.69, 9.17) is 5.11 Å². The third-order valence-corrected chi connectivity index (χ3v) is 4.07. The average Bonchev–Trinajstić information content (AvgIpc) is 2.97. The van der Waals surface area contributed by atoms with Crippen molar-refractivity contribution in [3.05, 3.63) is 41.0 Å². The van der Waals surface area contributed by atoms with Crippen LogP contribution in [0.5, 0.6) is 0 Å².